The fraction of sp³-hybridized carbons (Fsp3) is 0.583. The van der Waals surface area contributed by atoms with Gasteiger partial charge in [-0.25, -0.2) is 36.2 Å². The molecule has 2 heterocycles. The normalized spacial score (nSPS) is 16.3. The summed E-state index contributed by atoms with van der Waals surface area (Å²) in [4.78, 5) is 3.16. The van der Waals surface area contributed by atoms with E-state index in [1.165, 1.54) is 18.6 Å². The topological polar surface area (TPSA) is 165 Å². The molecule has 0 aliphatic carbocycles. The maximum atomic E-state index is 12.4. The Bertz CT molecular complexity index is 1410. The minimum Gasteiger partial charge on any atom is -0.363 e. The number of rotatable bonds is 14. The number of nitrogens with two attached hydrogens (primary N) is 1. The number of aromatic nitrogens is 2. The summed E-state index contributed by atoms with van der Waals surface area (Å²) < 4.78 is 52.5. The van der Waals surface area contributed by atoms with Crippen molar-refractivity contribution >= 4 is 42.9 Å². The molecule has 1 aliphatic rings. The van der Waals surface area contributed by atoms with E-state index in [2.05, 4.69) is 37.1 Å². The first-order valence-corrected chi connectivity index (χ1v) is 15.9. The Morgan fingerprint density at radius 1 is 1.21 bits per heavy atom. The Kier molecular flexibility index (Phi) is 10.00. The molecular weight excluding hydrogens is 528 g/mol. The summed E-state index contributed by atoms with van der Waals surface area (Å²) in [5.74, 6) is 0.782. The second-order valence-electron chi connectivity index (χ2n) is 9.64. The number of nitrogens with one attached hydrogen (secondary N) is 2. The molecule has 2 aromatic rings. The van der Waals surface area contributed by atoms with Crippen LogP contribution in [0.15, 0.2) is 33.3 Å². The Hall–Kier alpha value is -2.86. The number of nitrogens with zero attached hydrogens (tertiary/aromatic N) is 5. The smallest absolute Gasteiger partial charge is 0.236 e. The van der Waals surface area contributed by atoms with Crippen LogP contribution in [0.25, 0.3) is 4.85 Å². The van der Waals surface area contributed by atoms with Crippen LogP contribution in [0.4, 0.5) is 22.9 Å². The number of aryl methyl sites for hydroxylation is 1. The Labute approximate surface area is 225 Å². The maximum Gasteiger partial charge on any atom is 0.236 e. The summed E-state index contributed by atoms with van der Waals surface area (Å²) in [6.45, 7) is 14.1. The first kappa shape index (κ1) is 29.7. The molecule has 12 nitrogen and oxygen atoms in total. The second-order valence-corrected chi connectivity index (χ2v) is 13.1. The molecule has 0 amide bonds. The molecule has 1 aliphatic heterocycles. The number of primary sulfonamides is 1. The number of anilines is 1. The molecule has 1 aromatic carbocycles. The van der Waals surface area contributed by atoms with Crippen molar-refractivity contribution in [3.63, 3.8) is 0 Å². The molecule has 2 atom stereocenters. The summed E-state index contributed by atoms with van der Waals surface area (Å²) in [5.41, 5.74) is 1.34. The van der Waals surface area contributed by atoms with Gasteiger partial charge in [-0.2, -0.15) is 10.2 Å². The standard InChI is InChI=1S/C24H36N8O4S2/c1-5-6-7-8-9-10-13-37(33,34)27-15-17(2)22-16-32-24(28-22)23(18(3)31-32)30-29-20-12-11-19(38(25,35)36)14-21(20)26-4/h11-12,14,17,22,27-28H,5-10,13,15-16H2,1-3H3,(H2,25,35,36). The summed E-state index contributed by atoms with van der Waals surface area (Å²) in [5, 5.41) is 21.5. The lowest BCUT2D eigenvalue weighted by Gasteiger charge is -2.20. The lowest BCUT2D eigenvalue weighted by molar-refractivity contribution is 0.440. The predicted octanol–water partition coefficient (Wildman–Crippen LogP) is 4.52. The van der Waals surface area contributed by atoms with E-state index in [0.29, 0.717) is 36.7 Å². The van der Waals surface area contributed by atoms with E-state index in [4.69, 9.17) is 11.7 Å². The van der Waals surface area contributed by atoms with Gasteiger partial charge in [-0.05, 0) is 37.5 Å². The third kappa shape index (κ3) is 7.83. The number of hydrogen-bond acceptors (Lipinski definition) is 8. The Balaban J connectivity index is 1.60. The molecule has 0 spiro atoms. The largest absolute Gasteiger partial charge is 0.363 e. The molecule has 14 heteroatoms. The molecule has 0 radical (unpaired) electrons. The monoisotopic (exact) mass is 564 g/mol. The highest BCUT2D eigenvalue weighted by Gasteiger charge is 2.30. The van der Waals surface area contributed by atoms with E-state index in [9.17, 15) is 16.8 Å². The van der Waals surface area contributed by atoms with E-state index in [1.54, 1.807) is 11.6 Å². The zero-order valence-corrected chi connectivity index (χ0v) is 23.6. The molecule has 2 unspecified atom stereocenters. The zero-order valence-electron chi connectivity index (χ0n) is 22.0. The van der Waals surface area contributed by atoms with Crippen LogP contribution in [0.1, 0.15) is 58.1 Å². The highest BCUT2D eigenvalue weighted by Crippen LogP contribution is 2.37. The van der Waals surface area contributed by atoms with Crippen LogP contribution in [-0.2, 0) is 26.6 Å². The van der Waals surface area contributed by atoms with E-state index in [-0.39, 0.29) is 34.0 Å². The second kappa shape index (κ2) is 12.8. The summed E-state index contributed by atoms with van der Waals surface area (Å²) in [6, 6.07) is 3.76. The molecule has 38 heavy (non-hydrogen) atoms. The van der Waals surface area contributed by atoms with Gasteiger partial charge in [0.15, 0.2) is 11.5 Å². The van der Waals surface area contributed by atoms with Crippen LogP contribution in [0.3, 0.4) is 0 Å². The highest BCUT2D eigenvalue weighted by molar-refractivity contribution is 7.89. The lowest BCUT2D eigenvalue weighted by Crippen LogP contribution is -2.37. The van der Waals surface area contributed by atoms with Gasteiger partial charge in [0, 0.05) is 6.54 Å². The van der Waals surface area contributed by atoms with Crippen molar-refractivity contribution in [2.75, 3.05) is 17.6 Å². The van der Waals surface area contributed by atoms with Crippen molar-refractivity contribution in [3.05, 3.63) is 35.3 Å². The van der Waals surface area contributed by atoms with Crippen LogP contribution in [-0.4, -0.2) is 45.0 Å². The van der Waals surface area contributed by atoms with E-state index >= 15 is 0 Å². The quantitative estimate of drug-likeness (QED) is 0.173. The number of azo groups is 1. The third-order valence-electron chi connectivity index (χ3n) is 6.52. The molecule has 1 aromatic heterocycles. The van der Waals surface area contributed by atoms with Gasteiger partial charge in [0.05, 0.1) is 41.2 Å². The van der Waals surface area contributed by atoms with Crippen molar-refractivity contribution in [2.45, 2.75) is 76.8 Å². The van der Waals surface area contributed by atoms with E-state index in [0.717, 1.165) is 31.7 Å². The van der Waals surface area contributed by atoms with Crippen LogP contribution in [0.5, 0.6) is 0 Å². The van der Waals surface area contributed by atoms with Gasteiger partial charge in [-0.15, -0.1) is 5.11 Å². The van der Waals surface area contributed by atoms with Gasteiger partial charge in [0.2, 0.25) is 25.7 Å². The molecule has 0 saturated carbocycles. The van der Waals surface area contributed by atoms with Gasteiger partial charge in [-0.1, -0.05) is 46.0 Å². The number of hydrogen-bond donors (Lipinski definition) is 3. The van der Waals surface area contributed by atoms with Crippen molar-refractivity contribution in [3.8, 4) is 0 Å². The minimum atomic E-state index is -3.94. The lowest BCUT2D eigenvalue weighted by atomic mass is 10.0. The molecule has 0 saturated heterocycles. The van der Waals surface area contributed by atoms with Gasteiger partial charge in [0.25, 0.3) is 0 Å². The highest BCUT2D eigenvalue weighted by atomic mass is 32.2. The summed E-state index contributed by atoms with van der Waals surface area (Å²) in [6.07, 6.45) is 6.15. The maximum absolute atomic E-state index is 12.4. The molecule has 208 valence electrons. The fourth-order valence-corrected chi connectivity index (χ4v) is 5.98. The van der Waals surface area contributed by atoms with Crippen molar-refractivity contribution < 1.29 is 16.8 Å². The van der Waals surface area contributed by atoms with Gasteiger partial charge in [0.1, 0.15) is 0 Å². The number of benzene rings is 1. The molecular formula is C24H36N8O4S2. The van der Waals surface area contributed by atoms with E-state index in [1.807, 2.05) is 6.92 Å². The first-order valence-electron chi connectivity index (χ1n) is 12.7. The molecule has 0 fully saturated rings. The van der Waals surface area contributed by atoms with Crippen LogP contribution in [0.2, 0.25) is 0 Å². The van der Waals surface area contributed by atoms with Gasteiger partial charge < -0.3 is 5.32 Å². The molecule has 0 bridgehead atoms. The van der Waals surface area contributed by atoms with Gasteiger partial charge >= 0.3 is 0 Å². The van der Waals surface area contributed by atoms with Crippen LogP contribution < -0.4 is 15.2 Å². The number of unbranched alkanes of at least 4 members (excludes halogenated alkanes) is 5. The van der Waals surface area contributed by atoms with Crippen LogP contribution >= 0.6 is 0 Å². The summed E-state index contributed by atoms with van der Waals surface area (Å²) >= 11 is 0. The van der Waals surface area contributed by atoms with Crippen molar-refractivity contribution in [2.24, 2.45) is 21.3 Å². The average molecular weight is 565 g/mol. The number of sulfonamides is 2. The summed E-state index contributed by atoms with van der Waals surface area (Å²) in [7, 11) is -7.27. The SMILES string of the molecule is [C-]#[N+]c1cc(S(N)(=O)=O)ccc1N=Nc1c(C)nn2c1NC(C(C)CNS(=O)(=O)CCCCCCCC)C2. The minimum absolute atomic E-state index is 0.00874. The first-order chi connectivity index (χ1) is 17.9. The molecule has 3 rings (SSSR count). The van der Waals surface area contributed by atoms with Gasteiger partial charge in [-0.3, -0.25) is 0 Å². The van der Waals surface area contributed by atoms with Crippen molar-refractivity contribution in [1.29, 1.82) is 0 Å². The Morgan fingerprint density at radius 3 is 2.61 bits per heavy atom. The van der Waals surface area contributed by atoms with Crippen LogP contribution in [0, 0.1) is 19.4 Å². The van der Waals surface area contributed by atoms with E-state index < -0.39 is 20.0 Å². The predicted molar refractivity (Wildman–Crippen MR) is 147 cm³/mol. The third-order valence-corrected chi connectivity index (χ3v) is 8.86. The Morgan fingerprint density at radius 2 is 1.92 bits per heavy atom. The molecule has 4 N–H and O–H groups in total. The fourth-order valence-electron chi connectivity index (χ4n) is 4.20. The average Bonchev–Trinajstić information content (AvgIpc) is 3.40. The zero-order chi connectivity index (χ0) is 27.9. The number of fused-ring (bicyclic) bond motifs is 1. The van der Waals surface area contributed by atoms with Crippen molar-refractivity contribution in [1.82, 2.24) is 14.5 Å².